The molecule has 2 aromatic carbocycles. The molecule has 1 aliphatic rings. The highest BCUT2D eigenvalue weighted by molar-refractivity contribution is 7.91. The fourth-order valence-electron chi connectivity index (χ4n) is 4.39. The van der Waals surface area contributed by atoms with Crippen LogP contribution in [-0.4, -0.2) is 30.0 Å². The molecular formula is C23H20N2O4S3. The van der Waals surface area contributed by atoms with Gasteiger partial charge in [-0.2, -0.15) is 4.72 Å². The third-order valence-corrected chi connectivity index (χ3v) is 10.1. The molecule has 1 aliphatic carbocycles. The summed E-state index contributed by atoms with van der Waals surface area (Å²) in [4.78, 5) is 17.5. The Morgan fingerprint density at radius 3 is 2.56 bits per heavy atom. The quantitative estimate of drug-likeness (QED) is 0.407. The van der Waals surface area contributed by atoms with E-state index < -0.39 is 27.4 Å². The van der Waals surface area contributed by atoms with Crippen LogP contribution < -0.4 is 4.72 Å². The van der Waals surface area contributed by atoms with Gasteiger partial charge < -0.3 is 5.11 Å². The van der Waals surface area contributed by atoms with Crippen molar-refractivity contribution >= 4 is 48.9 Å². The van der Waals surface area contributed by atoms with Crippen LogP contribution in [0, 0.1) is 12.8 Å². The van der Waals surface area contributed by atoms with Gasteiger partial charge in [-0.15, -0.1) is 22.7 Å². The minimum Gasteiger partial charge on any atom is -0.480 e. The summed E-state index contributed by atoms with van der Waals surface area (Å²) < 4.78 is 30.1. The molecule has 1 fully saturated rings. The first-order chi connectivity index (χ1) is 15.2. The fraction of sp³-hybridized carbons (Fsp3) is 0.217. The number of carbonyl (C=O) groups is 1. The molecule has 3 atom stereocenters. The topological polar surface area (TPSA) is 96.4 Å². The number of nitrogens with one attached hydrogen (secondary N) is 1. The van der Waals surface area contributed by atoms with Crippen LogP contribution >= 0.6 is 22.7 Å². The third-order valence-electron chi connectivity index (χ3n) is 6.04. The predicted molar refractivity (Wildman–Crippen MR) is 127 cm³/mol. The molecule has 4 aromatic rings. The molecule has 5 rings (SSSR count). The van der Waals surface area contributed by atoms with Gasteiger partial charge in [-0.3, -0.25) is 4.79 Å². The van der Waals surface area contributed by atoms with Crippen LogP contribution in [0.25, 0.3) is 20.7 Å². The molecule has 9 heteroatoms. The number of hydrogen-bond acceptors (Lipinski definition) is 6. The molecule has 0 unspecified atom stereocenters. The first-order valence-electron chi connectivity index (χ1n) is 10.0. The van der Waals surface area contributed by atoms with E-state index in [1.54, 1.807) is 24.3 Å². The summed E-state index contributed by atoms with van der Waals surface area (Å²) in [5.74, 6) is -1.96. The summed E-state index contributed by atoms with van der Waals surface area (Å²) in [5.41, 5.74) is 1.01. The summed E-state index contributed by atoms with van der Waals surface area (Å²) in [6, 6.07) is 18.3. The van der Waals surface area contributed by atoms with Crippen molar-refractivity contribution in [3.63, 3.8) is 0 Å². The molecule has 1 saturated carbocycles. The summed E-state index contributed by atoms with van der Waals surface area (Å²) in [6.07, 6.45) is 0. The Kier molecular flexibility index (Phi) is 4.97. The van der Waals surface area contributed by atoms with Crippen molar-refractivity contribution in [2.24, 2.45) is 5.92 Å². The Bertz CT molecular complexity index is 1440. The Morgan fingerprint density at radius 1 is 1.09 bits per heavy atom. The van der Waals surface area contributed by atoms with E-state index in [1.807, 2.05) is 55.5 Å². The molecule has 0 amide bonds. The molecule has 32 heavy (non-hydrogen) atoms. The second-order valence-corrected chi connectivity index (χ2v) is 12.2. The van der Waals surface area contributed by atoms with Gasteiger partial charge in [0.25, 0.3) is 10.0 Å². The van der Waals surface area contributed by atoms with Crippen molar-refractivity contribution in [1.29, 1.82) is 0 Å². The van der Waals surface area contributed by atoms with Crippen LogP contribution in [0.3, 0.4) is 0 Å². The lowest BCUT2D eigenvalue weighted by Crippen LogP contribution is -2.45. The van der Waals surface area contributed by atoms with E-state index in [4.69, 9.17) is 0 Å². The number of carboxylic acid groups (broad SMARTS) is 1. The van der Waals surface area contributed by atoms with Crippen LogP contribution in [0.5, 0.6) is 0 Å². The number of aryl methyl sites for hydroxylation is 1. The van der Waals surface area contributed by atoms with Gasteiger partial charge in [0, 0.05) is 10.8 Å². The van der Waals surface area contributed by atoms with Gasteiger partial charge in [-0.05, 0) is 48.2 Å². The fourth-order valence-corrected chi connectivity index (χ4v) is 7.96. The van der Waals surface area contributed by atoms with Gasteiger partial charge in [0.2, 0.25) is 0 Å². The number of aromatic nitrogens is 1. The lowest BCUT2D eigenvalue weighted by atomic mass is 10.1. The second kappa shape index (κ2) is 7.48. The van der Waals surface area contributed by atoms with Crippen LogP contribution in [-0.2, 0) is 14.8 Å². The molecular weight excluding hydrogens is 464 g/mol. The Balaban J connectivity index is 1.46. The molecule has 6 nitrogen and oxygen atoms in total. The van der Waals surface area contributed by atoms with Gasteiger partial charge in [-0.1, -0.05) is 43.3 Å². The maximum Gasteiger partial charge on any atom is 0.325 e. The van der Waals surface area contributed by atoms with Crippen molar-refractivity contribution in [3.8, 4) is 10.4 Å². The molecule has 2 aromatic heterocycles. The number of thiophene rings is 1. The highest BCUT2D eigenvalue weighted by Gasteiger charge is 2.70. The van der Waals surface area contributed by atoms with Gasteiger partial charge in [0.1, 0.15) is 9.75 Å². The monoisotopic (exact) mass is 484 g/mol. The number of hydrogen-bond donors (Lipinski definition) is 2. The maximum atomic E-state index is 13.2. The van der Waals surface area contributed by atoms with Crippen LogP contribution in [0.15, 0.2) is 64.9 Å². The molecule has 0 saturated heterocycles. The summed E-state index contributed by atoms with van der Waals surface area (Å²) in [7, 11) is -4.03. The van der Waals surface area contributed by atoms with E-state index in [9.17, 15) is 18.3 Å². The Hall–Kier alpha value is -2.59. The zero-order chi connectivity index (χ0) is 22.7. The number of sulfonamides is 1. The van der Waals surface area contributed by atoms with Crippen molar-refractivity contribution < 1.29 is 18.3 Å². The lowest BCUT2D eigenvalue weighted by molar-refractivity contribution is -0.140. The minimum atomic E-state index is -4.03. The Labute approximate surface area is 193 Å². The predicted octanol–water partition coefficient (Wildman–Crippen LogP) is 4.87. The van der Waals surface area contributed by atoms with E-state index in [-0.39, 0.29) is 10.1 Å². The van der Waals surface area contributed by atoms with Crippen molar-refractivity contribution in [2.75, 3.05) is 0 Å². The van der Waals surface area contributed by atoms with Crippen molar-refractivity contribution in [1.82, 2.24) is 9.71 Å². The van der Waals surface area contributed by atoms with Gasteiger partial charge in [0.15, 0.2) is 0 Å². The number of nitrogens with zero attached hydrogens (tertiary/aromatic N) is 1. The van der Waals surface area contributed by atoms with Gasteiger partial charge >= 0.3 is 5.97 Å². The molecule has 2 heterocycles. The maximum absolute atomic E-state index is 13.2. The number of benzene rings is 2. The zero-order valence-electron chi connectivity index (χ0n) is 17.3. The van der Waals surface area contributed by atoms with Gasteiger partial charge in [0.05, 0.1) is 15.2 Å². The van der Waals surface area contributed by atoms with Crippen molar-refractivity contribution in [2.45, 2.75) is 29.5 Å². The summed E-state index contributed by atoms with van der Waals surface area (Å²) in [5, 5.41) is 10.9. The van der Waals surface area contributed by atoms with E-state index in [1.165, 1.54) is 6.07 Å². The van der Waals surface area contributed by atoms with E-state index in [0.29, 0.717) is 0 Å². The average molecular weight is 485 g/mol. The van der Waals surface area contributed by atoms with Gasteiger partial charge in [-0.25, -0.2) is 13.4 Å². The molecule has 0 spiro atoms. The highest BCUT2D eigenvalue weighted by atomic mass is 32.2. The third kappa shape index (κ3) is 3.36. The minimum absolute atomic E-state index is 0.0913. The molecule has 2 N–H and O–H groups in total. The Morgan fingerprint density at radius 2 is 1.84 bits per heavy atom. The SMILES string of the molecule is Cc1nc2cc(-c3ccc(S(=O)(=O)N[C@@]4(C(=O)O)[C@H](C)[C@@H]4c4ccccc4)s3)ccc2s1. The number of thiazole rings is 1. The lowest BCUT2D eigenvalue weighted by Gasteiger charge is -2.15. The molecule has 164 valence electrons. The first-order valence-corrected chi connectivity index (χ1v) is 13.1. The molecule has 0 radical (unpaired) electrons. The standard InChI is InChI=1S/C23H20N2O4S3/c1-13-21(15-6-4-3-5-7-15)23(13,22(26)27)25-32(28,29)20-11-10-18(31-20)16-8-9-19-17(12-16)24-14(2)30-19/h3-13,21,25H,1-2H3,(H,26,27)/t13-,21-,23+/m1/s1. The van der Waals surface area contributed by atoms with Crippen LogP contribution in [0.1, 0.15) is 23.4 Å². The van der Waals surface area contributed by atoms with Crippen LogP contribution in [0.2, 0.25) is 0 Å². The number of aliphatic carboxylic acids is 1. The summed E-state index contributed by atoms with van der Waals surface area (Å²) in [6.45, 7) is 3.71. The second-order valence-electron chi connectivity index (χ2n) is 7.99. The van der Waals surface area contributed by atoms with Crippen molar-refractivity contribution in [3.05, 3.63) is 71.2 Å². The number of carboxylic acids is 1. The molecule has 0 aliphatic heterocycles. The summed E-state index contributed by atoms with van der Waals surface area (Å²) >= 11 is 2.73. The van der Waals surface area contributed by atoms with Crippen LogP contribution in [0.4, 0.5) is 0 Å². The van der Waals surface area contributed by atoms with E-state index >= 15 is 0 Å². The first kappa shape index (κ1) is 21.3. The zero-order valence-corrected chi connectivity index (χ0v) is 19.7. The normalized spacial score (nSPS) is 22.8. The van der Waals surface area contributed by atoms with E-state index in [2.05, 4.69) is 9.71 Å². The number of fused-ring (bicyclic) bond motifs is 1. The molecule has 0 bridgehead atoms. The van der Waals surface area contributed by atoms with E-state index in [0.717, 1.165) is 42.6 Å². The highest BCUT2D eigenvalue weighted by Crippen LogP contribution is 2.58. The average Bonchev–Trinajstić information content (AvgIpc) is 3.11. The largest absolute Gasteiger partial charge is 0.480 e. The number of rotatable bonds is 6. The smallest absolute Gasteiger partial charge is 0.325 e.